The van der Waals surface area contributed by atoms with Crippen molar-refractivity contribution in [1.29, 1.82) is 0 Å². The summed E-state index contributed by atoms with van der Waals surface area (Å²) in [6.07, 6.45) is 0.684. The van der Waals surface area contributed by atoms with E-state index in [1.54, 1.807) is 24.3 Å². The Bertz CT molecular complexity index is 861. The van der Waals surface area contributed by atoms with Crippen LogP contribution in [0.2, 0.25) is 0 Å². The van der Waals surface area contributed by atoms with Crippen LogP contribution >= 0.6 is 0 Å². The summed E-state index contributed by atoms with van der Waals surface area (Å²) in [5.41, 5.74) is 1.35. The number of hydrogen-bond acceptors (Lipinski definition) is 3. The molecule has 2 aromatic carbocycles. The van der Waals surface area contributed by atoms with Crippen LogP contribution in [0.5, 0.6) is 5.75 Å². The van der Waals surface area contributed by atoms with Gasteiger partial charge in [0.15, 0.2) is 0 Å². The lowest BCUT2D eigenvalue weighted by molar-refractivity contribution is -0.0502. The first-order valence-electron chi connectivity index (χ1n) is 7.65. The molecule has 0 heterocycles. The summed E-state index contributed by atoms with van der Waals surface area (Å²) in [5, 5.41) is 0. The molecule has 0 spiro atoms. The Kier molecular flexibility index (Phi) is 6.02. The first-order chi connectivity index (χ1) is 11.9. The molecule has 0 aromatic heterocycles. The average Bonchev–Trinajstić information content (AvgIpc) is 2.60. The lowest BCUT2D eigenvalue weighted by Crippen LogP contribution is -2.15. The fraction of sp³-hybridized carbons (Fsp3) is 0.200. The van der Waals surface area contributed by atoms with E-state index in [9.17, 15) is 18.4 Å². The zero-order valence-electron chi connectivity index (χ0n) is 13.8. The molecule has 0 aliphatic carbocycles. The SMILES string of the molecule is CCC#Cc1cccc(C(=O)C(=O)c2ccc(OC(F)F)c(C)c2)c1. The van der Waals surface area contributed by atoms with Gasteiger partial charge >= 0.3 is 6.61 Å². The number of carbonyl (C=O) groups excluding carboxylic acids is 2. The standard InChI is InChI=1S/C20H16F2O3/c1-3-4-6-14-7-5-8-15(12-14)18(23)19(24)16-9-10-17(13(2)11-16)25-20(21)22/h5,7-12,20H,3H2,1-2H3. The van der Waals surface area contributed by atoms with E-state index in [1.165, 1.54) is 25.1 Å². The Labute approximate surface area is 144 Å². The summed E-state index contributed by atoms with van der Waals surface area (Å²) in [6.45, 7) is 0.490. The second-order valence-electron chi connectivity index (χ2n) is 5.25. The van der Waals surface area contributed by atoms with E-state index < -0.39 is 18.2 Å². The van der Waals surface area contributed by atoms with E-state index in [-0.39, 0.29) is 16.9 Å². The van der Waals surface area contributed by atoms with Crippen LogP contribution in [0.15, 0.2) is 42.5 Å². The summed E-state index contributed by atoms with van der Waals surface area (Å²) >= 11 is 0. The molecule has 128 valence electrons. The summed E-state index contributed by atoms with van der Waals surface area (Å²) in [6, 6.07) is 10.4. The summed E-state index contributed by atoms with van der Waals surface area (Å²) in [4.78, 5) is 24.8. The number of ketones is 2. The number of hydrogen-bond donors (Lipinski definition) is 0. The van der Waals surface area contributed by atoms with Crippen LogP contribution in [0.1, 0.15) is 45.2 Å². The molecule has 0 atom stereocenters. The van der Waals surface area contributed by atoms with E-state index in [0.29, 0.717) is 17.5 Å². The van der Waals surface area contributed by atoms with Gasteiger partial charge in [0.2, 0.25) is 11.6 Å². The van der Waals surface area contributed by atoms with Crippen molar-refractivity contribution >= 4 is 11.6 Å². The highest BCUT2D eigenvalue weighted by Crippen LogP contribution is 2.22. The molecule has 2 aromatic rings. The minimum absolute atomic E-state index is 0.0316. The third-order valence-electron chi connectivity index (χ3n) is 3.39. The number of rotatable bonds is 5. The average molecular weight is 342 g/mol. The molecule has 0 fully saturated rings. The largest absolute Gasteiger partial charge is 0.435 e. The number of alkyl halides is 2. The molecular formula is C20H16F2O3. The van der Waals surface area contributed by atoms with Crippen molar-refractivity contribution in [3.63, 3.8) is 0 Å². The number of carbonyl (C=O) groups is 2. The van der Waals surface area contributed by atoms with E-state index >= 15 is 0 Å². The molecule has 2 rings (SSSR count). The van der Waals surface area contributed by atoms with E-state index in [2.05, 4.69) is 16.6 Å². The first-order valence-corrected chi connectivity index (χ1v) is 7.65. The number of Topliss-reactive ketones (excluding diaryl/α,β-unsaturated/α-hetero) is 2. The Balaban J connectivity index is 2.25. The monoisotopic (exact) mass is 342 g/mol. The van der Waals surface area contributed by atoms with E-state index in [4.69, 9.17) is 0 Å². The molecule has 0 aliphatic heterocycles. The third-order valence-corrected chi connectivity index (χ3v) is 3.39. The molecule has 0 saturated carbocycles. The van der Waals surface area contributed by atoms with Crippen molar-refractivity contribution in [2.75, 3.05) is 0 Å². The van der Waals surface area contributed by atoms with Gasteiger partial charge < -0.3 is 4.74 Å². The van der Waals surface area contributed by atoms with Crippen LogP contribution in [-0.4, -0.2) is 18.2 Å². The van der Waals surface area contributed by atoms with Gasteiger partial charge in [-0.05, 0) is 42.8 Å². The fourth-order valence-electron chi connectivity index (χ4n) is 2.21. The molecule has 0 aliphatic rings. The Morgan fingerprint density at radius 1 is 1.08 bits per heavy atom. The quantitative estimate of drug-likeness (QED) is 0.459. The zero-order chi connectivity index (χ0) is 18.4. The second kappa shape index (κ2) is 8.20. The second-order valence-corrected chi connectivity index (χ2v) is 5.25. The van der Waals surface area contributed by atoms with Crippen molar-refractivity contribution in [2.45, 2.75) is 26.9 Å². The molecule has 3 nitrogen and oxygen atoms in total. The molecular weight excluding hydrogens is 326 g/mol. The summed E-state index contributed by atoms with van der Waals surface area (Å²) in [7, 11) is 0. The molecule has 0 unspecified atom stereocenters. The molecule has 5 heteroatoms. The first kappa shape index (κ1) is 18.3. The zero-order valence-corrected chi connectivity index (χ0v) is 13.8. The van der Waals surface area contributed by atoms with Gasteiger partial charge in [0.05, 0.1) is 0 Å². The highest BCUT2D eigenvalue weighted by atomic mass is 19.3. The molecule has 0 bridgehead atoms. The Hall–Kier alpha value is -3.00. The smallest absolute Gasteiger partial charge is 0.387 e. The molecule has 0 saturated heterocycles. The molecule has 0 amide bonds. The highest BCUT2D eigenvalue weighted by Gasteiger charge is 2.20. The highest BCUT2D eigenvalue weighted by molar-refractivity contribution is 6.49. The predicted molar refractivity (Wildman–Crippen MR) is 90.1 cm³/mol. The maximum Gasteiger partial charge on any atom is 0.387 e. The molecule has 0 N–H and O–H groups in total. The Morgan fingerprint density at radius 2 is 1.76 bits per heavy atom. The van der Waals surface area contributed by atoms with Gasteiger partial charge in [0.25, 0.3) is 0 Å². The van der Waals surface area contributed by atoms with Gasteiger partial charge in [0, 0.05) is 23.1 Å². The third kappa shape index (κ3) is 4.74. The number of ether oxygens (including phenoxy) is 1. The van der Waals surface area contributed by atoms with Crippen LogP contribution in [0, 0.1) is 18.8 Å². The predicted octanol–water partition coefficient (Wildman–Crippen LogP) is 4.42. The van der Waals surface area contributed by atoms with Crippen LogP contribution in [0.4, 0.5) is 8.78 Å². The summed E-state index contributed by atoms with van der Waals surface area (Å²) < 4.78 is 28.9. The fourth-order valence-corrected chi connectivity index (χ4v) is 2.21. The van der Waals surface area contributed by atoms with Gasteiger partial charge in [-0.3, -0.25) is 9.59 Å². The van der Waals surface area contributed by atoms with Crippen molar-refractivity contribution < 1.29 is 23.1 Å². The van der Waals surface area contributed by atoms with Crippen LogP contribution in [0.3, 0.4) is 0 Å². The van der Waals surface area contributed by atoms with E-state index in [1.807, 2.05) is 6.92 Å². The van der Waals surface area contributed by atoms with Crippen LogP contribution in [0.25, 0.3) is 0 Å². The van der Waals surface area contributed by atoms with Crippen molar-refractivity contribution in [3.8, 4) is 17.6 Å². The lowest BCUT2D eigenvalue weighted by atomic mass is 9.98. The van der Waals surface area contributed by atoms with Gasteiger partial charge in [-0.2, -0.15) is 8.78 Å². The minimum atomic E-state index is -2.95. The normalized spacial score (nSPS) is 10.1. The van der Waals surface area contributed by atoms with Crippen LogP contribution < -0.4 is 4.74 Å². The number of halogens is 2. The van der Waals surface area contributed by atoms with Gasteiger partial charge in [-0.15, -0.1) is 0 Å². The van der Waals surface area contributed by atoms with Gasteiger partial charge in [-0.1, -0.05) is 30.9 Å². The molecule has 0 radical (unpaired) electrons. The van der Waals surface area contributed by atoms with Crippen molar-refractivity contribution in [3.05, 3.63) is 64.7 Å². The molecule has 25 heavy (non-hydrogen) atoms. The topological polar surface area (TPSA) is 43.4 Å². The van der Waals surface area contributed by atoms with Gasteiger partial charge in [0.1, 0.15) is 5.75 Å². The van der Waals surface area contributed by atoms with Crippen molar-refractivity contribution in [1.82, 2.24) is 0 Å². The van der Waals surface area contributed by atoms with Gasteiger partial charge in [-0.25, -0.2) is 0 Å². The van der Waals surface area contributed by atoms with E-state index in [0.717, 1.165) is 0 Å². The van der Waals surface area contributed by atoms with Crippen LogP contribution in [-0.2, 0) is 0 Å². The Morgan fingerprint density at radius 3 is 2.36 bits per heavy atom. The lowest BCUT2D eigenvalue weighted by Gasteiger charge is -2.09. The number of aryl methyl sites for hydroxylation is 1. The number of benzene rings is 2. The van der Waals surface area contributed by atoms with Crippen molar-refractivity contribution in [2.24, 2.45) is 0 Å². The maximum absolute atomic E-state index is 12.4. The maximum atomic E-state index is 12.4. The summed E-state index contributed by atoms with van der Waals surface area (Å²) in [5.74, 6) is 4.38. The minimum Gasteiger partial charge on any atom is -0.435 e.